The first-order valence-electron chi connectivity index (χ1n) is 9.10. The summed E-state index contributed by atoms with van der Waals surface area (Å²) in [6, 6.07) is 3.68. The smallest absolute Gasteiger partial charge is 0.141 e. The van der Waals surface area contributed by atoms with Gasteiger partial charge in [0.15, 0.2) is 0 Å². The molecule has 0 atom stereocenters. The van der Waals surface area contributed by atoms with Gasteiger partial charge in [-0.15, -0.1) is 0 Å². The molecule has 0 N–H and O–H groups in total. The summed E-state index contributed by atoms with van der Waals surface area (Å²) in [6.07, 6.45) is 7.16. The zero-order valence-corrected chi connectivity index (χ0v) is 19.3. The average Bonchev–Trinajstić information content (AvgIpc) is 2.58. The molecule has 27 heavy (non-hydrogen) atoms. The molecule has 152 valence electrons. The Kier molecular flexibility index (Phi) is 12.6. The van der Waals surface area contributed by atoms with E-state index in [-0.39, 0.29) is 0 Å². The molecule has 1 aromatic carbocycles. The van der Waals surface area contributed by atoms with Gasteiger partial charge in [0.25, 0.3) is 0 Å². The Balaban J connectivity index is 2.24. The number of hydrogen-bond donors (Lipinski definition) is 0. The van der Waals surface area contributed by atoms with Gasteiger partial charge in [-0.3, -0.25) is 0 Å². The van der Waals surface area contributed by atoms with Crippen molar-refractivity contribution < 1.29 is 14.3 Å². The highest BCUT2D eigenvalue weighted by molar-refractivity contribution is 9.12. The number of ether oxygens (including phenoxy) is 2. The zero-order chi connectivity index (χ0) is 20.1. The van der Waals surface area contributed by atoms with Gasteiger partial charge in [-0.25, -0.2) is 0 Å². The Morgan fingerprint density at radius 3 is 2.37 bits per heavy atom. The number of unbranched alkanes of at least 4 members (excludes halogenated alkanes) is 4. The fourth-order valence-electron chi connectivity index (χ4n) is 2.31. The van der Waals surface area contributed by atoms with Crippen LogP contribution in [0.2, 0.25) is 5.02 Å². The summed E-state index contributed by atoms with van der Waals surface area (Å²) in [5.74, 6) is 1.41. The summed E-state index contributed by atoms with van der Waals surface area (Å²) in [5.41, 5.74) is 1.90. The molecule has 0 fully saturated rings. The maximum atomic E-state index is 6.33. The van der Waals surface area contributed by atoms with Crippen molar-refractivity contribution in [1.82, 2.24) is 0 Å². The molecule has 0 aromatic heterocycles. The molecule has 0 aliphatic rings. The van der Waals surface area contributed by atoms with Crippen LogP contribution in [0.15, 0.2) is 27.3 Å². The van der Waals surface area contributed by atoms with Crippen LogP contribution in [0.25, 0.3) is 0 Å². The van der Waals surface area contributed by atoms with E-state index in [1.807, 2.05) is 26.8 Å². The first-order chi connectivity index (χ1) is 12.9. The minimum atomic E-state index is 0.371. The molecule has 7 heteroatoms. The minimum Gasteiger partial charge on any atom is -0.492 e. The second kappa shape index (κ2) is 14.1. The first-order valence-corrected chi connectivity index (χ1v) is 10.6. The lowest BCUT2D eigenvalue weighted by Gasteiger charge is -2.13. The van der Waals surface area contributed by atoms with Crippen LogP contribution in [0.3, 0.4) is 0 Å². The van der Waals surface area contributed by atoms with Crippen molar-refractivity contribution >= 4 is 44.8 Å². The molecule has 0 spiro atoms. The van der Waals surface area contributed by atoms with Gasteiger partial charge >= 0.3 is 0 Å². The van der Waals surface area contributed by atoms with Crippen molar-refractivity contribution in [2.45, 2.75) is 52.9 Å². The van der Waals surface area contributed by atoms with Gasteiger partial charge in [-0.2, -0.15) is 0 Å². The minimum absolute atomic E-state index is 0.371. The fourth-order valence-corrected chi connectivity index (χ4v) is 2.82. The quantitative estimate of drug-likeness (QED) is 0.169. The largest absolute Gasteiger partial charge is 0.492 e. The maximum absolute atomic E-state index is 6.33. The van der Waals surface area contributed by atoms with Crippen LogP contribution < -0.4 is 9.47 Å². The number of rotatable bonds is 13. The van der Waals surface area contributed by atoms with E-state index in [9.17, 15) is 0 Å². The van der Waals surface area contributed by atoms with Crippen molar-refractivity contribution in [3.05, 3.63) is 32.7 Å². The summed E-state index contributed by atoms with van der Waals surface area (Å²) in [6.45, 7) is 7.51. The number of halogens is 3. The molecule has 0 radical (unpaired) electrons. The van der Waals surface area contributed by atoms with Gasteiger partial charge in [0, 0.05) is 6.07 Å². The third-order valence-electron chi connectivity index (χ3n) is 3.56. The normalized spacial score (nSPS) is 11.3. The third kappa shape index (κ3) is 11.5. The van der Waals surface area contributed by atoms with Crippen molar-refractivity contribution in [3.63, 3.8) is 0 Å². The van der Waals surface area contributed by atoms with E-state index >= 15 is 0 Å². The van der Waals surface area contributed by atoms with Crippen LogP contribution in [0.1, 0.15) is 51.5 Å². The molecule has 0 aliphatic heterocycles. The zero-order valence-electron chi connectivity index (χ0n) is 16.2. The van der Waals surface area contributed by atoms with Gasteiger partial charge in [0.1, 0.15) is 24.7 Å². The molecule has 0 bridgehead atoms. The monoisotopic (exact) mass is 479 g/mol. The van der Waals surface area contributed by atoms with E-state index in [1.54, 1.807) is 12.1 Å². The van der Waals surface area contributed by atoms with Gasteiger partial charge < -0.3 is 14.3 Å². The SMILES string of the molecule is CC(C)=NOCCCCCCCOc1c(C)cc(OC/C=C(\Cl)Br)cc1Cl. The molecule has 1 aromatic rings. The Morgan fingerprint density at radius 2 is 1.74 bits per heavy atom. The van der Waals surface area contributed by atoms with E-state index in [4.69, 9.17) is 37.5 Å². The summed E-state index contributed by atoms with van der Waals surface area (Å²) in [4.78, 5) is 5.18. The number of hydrogen-bond acceptors (Lipinski definition) is 4. The topological polar surface area (TPSA) is 40.0 Å². The van der Waals surface area contributed by atoms with Crippen LogP contribution in [-0.2, 0) is 4.84 Å². The Labute approximate surface area is 181 Å². The predicted octanol–water partition coefficient (Wildman–Crippen LogP) is 7.24. The Hall–Kier alpha value is -0.910. The van der Waals surface area contributed by atoms with Gasteiger partial charge in [-0.1, -0.05) is 41.2 Å². The van der Waals surface area contributed by atoms with E-state index in [1.165, 1.54) is 0 Å². The number of oxime groups is 1. The molecule has 1 rings (SSSR count). The second-order valence-electron chi connectivity index (χ2n) is 6.34. The maximum Gasteiger partial charge on any atom is 0.141 e. The lowest BCUT2D eigenvalue weighted by Crippen LogP contribution is -2.01. The molecule has 0 unspecified atom stereocenters. The van der Waals surface area contributed by atoms with Crippen LogP contribution in [0.5, 0.6) is 11.5 Å². The predicted molar refractivity (Wildman–Crippen MR) is 118 cm³/mol. The highest BCUT2D eigenvalue weighted by Gasteiger charge is 2.09. The van der Waals surface area contributed by atoms with Gasteiger partial charge in [0.2, 0.25) is 0 Å². The van der Waals surface area contributed by atoms with E-state index < -0.39 is 0 Å². The summed E-state index contributed by atoms with van der Waals surface area (Å²) < 4.78 is 12.0. The van der Waals surface area contributed by atoms with Crippen LogP contribution in [0.4, 0.5) is 0 Å². The lowest BCUT2D eigenvalue weighted by atomic mass is 10.1. The molecule has 0 heterocycles. The van der Waals surface area contributed by atoms with E-state index in [0.717, 1.165) is 49.1 Å². The summed E-state index contributed by atoms with van der Waals surface area (Å²) in [5, 5.41) is 4.47. The number of benzene rings is 1. The highest BCUT2D eigenvalue weighted by atomic mass is 79.9. The number of nitrogens with zero attached hydrogens (tertiary/aromatic N) is 1. The van der Waals surface area contributed by atoms with Crippen molar-refractivity contribution in [1.29, 1.82) is 0 Å². The average molecular weight is 481 g/mol. The van der Waals surface area contributed by atoms with E-state index in [2.05, 4.69) is 21.1 Å². The standard InChI is InChI=1S/C20H28BrCl2NO3/c1-15(2)24-27-11-8-6-4-5-7-10-26-20-16(3)13-17(14-18(20)22)25-12-9-19(21)23/h9,13-14H,4-8,10-12H2,1-3H3/b19-9-. The van der Waals surface area contributed by atoms with Crippen molar-refractivity contribution in [2.24, 2.45) is 5.16 Å². The lowest BCUT2D eigenvalue weighted by molar-refractivity contribution is 0.139. The first kappa shape index (κ1) is 24.1. The second-order valence-corrected chi connectivity index (χ2v) is 8.47. The molecule has 0 aliphatic carbocycles. The molecule has 4 nitrogen and oxygen atoms in total. The Bertz CT molecular complexity index is 605. The summed E-state index contributed by atoms with van der Waals surface area (Å²) in [7, 11) is 0. The molecule has 0 amide bonds. The van der Waals surface area contributed by atoms with Crippen molar-refractivity contribution in [2.75, 3.05) is 19.8 Å². The molecule has 0 saturated carbocycles. The number of aryl methyl sites for hydroxylation is 1. The third-order valence-corrected chi connectivity index (χ3v) is 4.32. The Morgan fingerprint density at radius 1 is 1.07 bits per heavy atom. The highest BCUT2D eigenvalue weighted by Crippen LogP contribution is 2.33. The van der Waals surface area contributed by atoms with Crippen molar-refractivity contribution in [3.8, 4) is 11.5 Å². The van der Waals surface area contributed by atoms with Crippen LogP contribution in [-0.4, -0.2) is 25.5 Å². The molecule has 0 saturated heterocycles. The molecular formula is C20H28BrCl2NO3. The molecular weight excluding hydrogens is 453 g/mol. The van der Waals surface area contributed by atoms with Crippen LogP contribution >= 0.6 is 39.1 Å². The van der Waals surface area contributed by atoms with Crippen LogP contribution in [0, 0.1) is 6.92 Å². The van der Waals surface area contributed by atoms with Gasteiger partial charge in [-0.05, 0) is 73.7 Å². The summed E-state index contributed by atoms with van der Waals surface area (Å²) >= 11 is 15.2. The fraction of sp³-hybridized carbons (Fsp3) is 0.550. The van der Waals surface area contributed by atoms with E-state index in [0.29, 0.717) is 34.5 Å². The van der Waals surface area contributed by atoms with Gasteiger partial charge in [0.05, 0.1) is 21.3 Å².